The molecule has 0 fully saturated rings. The maximum absolute atomic E-state index is 9.22. The summed E-state index contributed by atoms with van der Waals surface area (Å²) in [6.07, 6.45) is 1.64. The van der Waals surface area contributed by atoms with Crippen LogP contribution in [0.25, 0.3) is 10.9 Å². The molecule has 0 saturated heterocycles. The molecule has 78 valence electrons. The molecule has 0 bridgehead atoms. The van der Waals surface area contributed by atoms with Gasteiger partial charge in [0, 0.05) is 17.1 Å². The van der Waals surface area contributed by atoms with Crippen molar-refractivity contribution >= 4 is 23.1 Å². The summed E-state index contributed by atoms with van der Waals surface area (Å²) in [4.78, 5) is 21.2. The van der Waals surface area contributed by atoms with E-state index in [1.54, 1.807) is 6.20 Å². The number of carbonyl (C=O) groups excluding carboxylic acids is 2. The minimum absolute atomic E-state index is 0.0556. The Morgan fingerprint density at radius 2 is 2.00 bits per heavy atom. The van der Waals surface area contributed by atoms with Crippen LogP contribution in [0.1, 0.15) is 0 Å². The van der Waals surface area contributed by atoms with Crippen LogP contribution in [0.3, 0.4) is 0 Å². The largest absolute Gasteiger partial charge is 0.506 e. The van der Waals surface area contributed by atoms with Crippen LogP contribution in [0.15, 0.2) is 30.5 Å². The number of amides is 1. The molecular weight excluding hydrogens is 196 g/mol. The van der Waals surface area contributed by atoms with Gasteiger partial charge in [-0.2, -0.15) is 0 Å². The van der Waals surface area contributed by atoms with Gasteiger partial charge in [0.1, 0.15) is 5.75 Å². The van der Waals surface area contributed by atoms with Gasteiger partial charge in [-0.1, -0.05) is 12.1 Å². The summed E-state index contributed by atoms with van der Waals surface area (Å²) >= 11 is 0. The predicted octanol–water partition coefficient (Wildman–Crippen LogP) is 0.544. The number of fused-ring (bicyclic) bond motifs is 1. The van der Waals surface area contributed by atoms with E-state index in [1.807, 2.05) is 24.3 Å². The first-order valence-corrected chi connectivity index (χ1v) is 4.15. The quantitative estimate of drug-likeness (QED) is 0.469. The van der Waals surface area contributed by atoms with Crippen molar-refractivity contribution in [1.29, 1.82) is 0 Å². The standard InChI is InChI=1S/C8H7NO.C2H3NO2/c10-8-5-9-7-4-2-1-3-6(7)8;3-2(5)1-4/h1-5,9-10H;1H,(H2,3,5). The third kappa shape index (κ3) is 2.84. The van der Waals surface area contributed by atoms with Crippen LogP contribution in [-0.2, 0) is 9.59 Å². The molecular formula is C10H10N2O3. The number of carbonyl (C=O) groups is 2. The van der Waals surface area contributed by atoms with E-state index >= 15 is 0 Å². The first kappa shape index (κ1) is 10.8. The van der Waals surface area contributed by atoms with Gasteiger partial charge in [0.15, 0.2) is 0 Å². The van der Waals surface area contributed by atoms with Crippen LogP contribution >= 0.6 is 0 Å². The zero-order valence-electron chi connectivity index (χ0n) is 7.81. The number of aldehydes is 1. The first-order chi connectivity index (χ1) is 7.15. The highest BCUT2D eigenvalue weighted by Crippen LogP contribution is 2.22. The van der Waals surface area contributed by atoms with Crippen molar-refractivity contribution in [3.8, 4) is 5.75 Å². The fourth-order valence-electron chi connectivity index (χ4n) is 1.06. The van der Waals surface area contributed by atoms with Gasteiger partial charge in [-0.3, -0.25) is 9.59 Å². The molecule has 2 aromatic rings. The Morgan fingerprint density at radius 1 is 1.40 bits per heavy atom. The second kappa shape index (κ2) is 4.80. The fourth-order valence-corrected chi connectivity index (χ4v) is 1.06. The van der Waals surface area contributed by atoms with Gasteiger partial charge in [0.05, 0.1) is 0 Å². The van der Waals surface area contributed by atoms with Crippen molar-refractivity contribution in [1.82, 2.24) is 4.98 Å². The number of aromatic nitrogens is 1. The predicted molar refractivity (Wildman–Crippen MR) is 55.2 cm³/mol. The number of H-pyrrole nitrogens is 1. The molecule has 4 N–H and O–H groups in total. The molecule has 1 aromatic carbocycles. The number of nitrogens with one attached hydrogen (secondary N) is 1. The molecule has 1 heterocycles. The lowest BCUT2D eigenvalue weighted by Crippen LogP contribution is -2.10. The summed E-state index contributed by atoms with van der Waals surface area (Å²) < 4.78 is 0. The lowest BCUT2D eigenvalue weighted by molar-refractivity contribution is -0.129. The van der Waals surface area contributed by atoms with Crippen LogP contribution in [0.2, 0.25) is 0 Å². The average molecular weight is 206 g/mol. The van der Waals surface area contributed by atoms with E-state index in [1.165, 1.54) is 0 Å². The molecule has 5 nitrogen and oxygen atoms in total. The van der Waals surface area contributed by atoms with Gasteiger partial charge in [0.25, 0.3) is 5.91 Å². The highest BCUT2D eigenvalue weighted by atomic mass is 16.3. The van der Waals surface area contributed by atoms with Gasteiger partial charge in [-0.25, -0.2) is 0 Å². The SMILES string of the molecule is NC(=O)C=O.Oc1c[nH]c2ccccc12. The van der Waals surface area contributed by atoms with E-state index < -0.39 is 5.91 Å². The molecule has 0 radical (unpaired) electrons. The lowest BCUT2D eigenvalue weighted by atomic mass is 10.2. The van der Waals surface area contributed by atoms with Crippen molar-refractivity contribution in [3.63, 3.8) is 0 Å². The summed E-state index contributed by atoms with van der Waals surface area (Å²) in [6, 6.07) is 7.63. The molecule has 15 heavy (non-hydrogen) atoms. The first-order valence-electron chi connectivity index (χ1n) is 4.15. The van der Waals surface area contributed by atoms with Crippen LogP contribution in [0, 0.1) is 0 Å². The van der Waals surface area contributed by atoms with E-state index in [2.05, 4.69) is 10.7 Å². The van der Waals surface area contributed by atoms with Crippen LogP contribution < -0.4 is 5.73 Å². The molecule has 0 aliphatic rings. The number of para-hydroxylation sites is 1. The highest BCUT2D eigenvalue weighted by molar-refractivity contribution is 6.22. The second-order valence-corrected chi connectivity index (χ2v) is 2.74. The molecule has 0 aliphatic heterocycles. The van der Waals surface area contributed by atoms with Crippen LogP contribution in [0.4, 0.5) is 0 Å². The summed E-state index contributed by atoms with van der Waals surface area (Å²) in [5, 5.41) is 10.1. The third-order valence-corrected chi connectivity index (χ3v) is 1.68. The van der Waals surface area contributed by atoms with Crippen LogP contribution in [-0.4, -0.2) is 22.3 Å². The molecule has 5 heteroatoms. The van der Waals surface area contributed by atoms with Gasteiger partial charge in [-0.05, 0) is 12.1 Å². The van der Waals surface area contributed by atoms with E-state index in [4.69, 9.17) is 4.79 Å². The number of primary amides is 1. The number of aromatic amines is 1. The molecule has 1 aromatic heterocycles. The maximum Gasteiger partial charge on any atom is 0.281 e. The van der Waals surface area contributed by atoms with Gasteiger partial charge >= 0.3 is 0 Å². The molecule has 0 atom stereocenters. The third-order valence-electron chi connectivity index (χ3n) is 1.68. The molecule has 0 spiro atoms. The van der Waals surface area contributed by atoms with E-state index in [9.17, 15) is 9.90 Å². The summed E-state index contributed by atoms with van der Waals surface area (Å²) in [6.45, 7) is 0. The second-order valence-electron chi connectivity index (χ2n) is 2.74. The summed E-state index contributed by atoms with van der Waals surface area (Å²) in [5.74, 6) is -0.611. The monoisotopic (exact) mass is 206 g/mol. The molecule has 2 rings (SSSR count). The number of aromatic hydroxyl groups is 1. The number of nitrogens with two attached hydrogens (primary N) is 1. The number of rotatable bonds is 1. The molecule has 0 aliphatic carbocycles. The Balaban J connectivity index is 0.000000195. The van der Waals surface area contributed by atoms with E-state index in [-0.39, 0.29) is 6.29 Å². The summed E-state index contributed by atoms with van der Waals surface area (Å²) in [5.41, 5.74) is 5.26. The van der Waals surface area contributed by atoms with E-state index in [0.29, 0.717) is 5.75 Å². The van der Waals surface area contributed by atoms with Gasteiger partial charge in [0.2, 0.25) is 6.29 Å². The topological polar surface area (TPSA) is 96.2 Å². The number of benzene rings is 1. The smallest absolute Gasteiger partial charge is 0.281 e. The maximum atomic E-state index is 9.22. The van der Waals surface area contributed by atoms with Crippen molar-refractivity contribution < 1.29 is 14.7 Å². The van der Waals surface area contributed by atoms with Gasteiger partial charge < -0.3 is 15.8 Å². The molecule has 0 saturated carbocycles. The Labute approximate surface area is 85.5 Å². The average Bonchev–Trinajstić information content (AvgIpc) is 2.62. The minimum atomic E-state index is -0.926. The van der Waals surface area contributed by atoms with E-state index in [0.717, 1.165) is 10.9 Å². The van der Waals surface area contributed by atoms with Crippen molar-refractivity contribution in [2.75, 3.05) is 0 Å². The Morgan fingerprint density at radius 3 is 2.53 bits per heavy atom. The van der Waals surface area contributed by atoms with Crippen LogP contribution in [0.5, 0.6) is 5.75 Å². The Hall–Kier alpha value is -2.30. The Bertz CT molecular complexity index is 476. The van der Waals surface area contributed by atoms with Crippen molar-refractivity contribution in [2.24, 2.45) is 5.73 Å². The number of hydrogen-bond acceptors (Lipinski definition) is 3. The zero-order valence-corrected chi connectivity index (χ0v) is 7.81. The van der Waals surface area contributed by atoms with Gasteiger partial charge in [-0.15, -0.1) is 0 Å². The molecule has 1 amide bonds. The Kier molecular flexibility index (Phi) is 3.45. The fraction of sp³-hybridized carbons (Fsp3) is 0. The summed E-state index contributed by atoms with van der Waals surface area (Å²) in [7, 11) is 0. The van der Waals surface area contributed by atoms with Crippen molar-refractivity contribution in [2.45, 2.75) is 0 Å². The highest BCUT2D eigenvalue weighted by Gasteiger charge is 1.97. The minimum Gasteiger partial charge on any atom is -0.506 e. The zero-order chi connectivity index (χ0) is 11.3. The molecule has 0 unspecified atom stereocenters. The normalized spacial score (nSPS) is 9.07. The lowest BCUT2D eigenvalue weighted by Gasteiger charge is -1.86. The number of hydrogen-bond donors (Lipinski definition) is 3. The van der Waals surface area contributed by atoms with Crippen molar-refractivity contribution in [3.05, 3.63) is 30.5 Å².